The van der Waals surface area contributed by atoms with Crippen LogP contribution >= 0.6 is 0 Å². The Morgan fingerprint density at radius 3 is 2.19 bits per heavy atom. The number of anilines is 1. The Balaban J connectivity index is 2.04. The summed E-state index contributed by atoms with van der Waals surface area (Å²) in [4.78, 5) is 28.4. The monoisotopic (exact) mass is 611 g/mol. The molecule has 0 saturated heterocycles. The van der Waals surface area contributed by atoms with E-state index in [0.717, 1.165) is 22.7 Å². The van der Waals surface area contributed by atoms with Gasteiger partial charge in [-0.3, -0.25) is 13.9 Å². The van der Waals surface area contributed by atoms with E-state index in [2.05, 4.69) is 5.32 Å². The van der Waals surface area contributed by atoms with E-state index in [1.165, 1.54) is 37.3 Å². The van der Waals surface area contributed by atoms with E-state index >= 15 is 0 Å². The molecule has 0 saturated carbocycles. The second-order valence-electron chi connectivity index (χ2n) is 9.78. The van der Waals surface area contributed by atoms with Crippen LogP contribution in [-0.4, -0.2) is 65.1 Å². The van der Waals surface area contributed by atoms with E-state index < -0.39 is 28.5 Å². The quantitative estimate of drug-likeness (QED) is 0.235. The molecule has 0 aliphatic rings. The van der Waals surface area contributed by atoms with Gasteiger partial charge in [0.15, 0.2) is 11.5 Å². The summed E-state index contributed by atoms with van der Waals surface area (Å²) in [6, 6.07) is 19.1. The number of nitrogens with zero attached hydrogens (tertiary/aromatic N) is 2. The van der Waals surface area contributed by atoms with E-state index in [9.17, 15) is 18.0 Å². The molecule has 1 atom stereocenters. The minimum Gasteiger partial charge on any atom is -0.494 e. The molecular formula is C32H41N3O7S. The predicted octanol–water partition coefficient (Wildman–Crippen LogP) is 4.63. The molecule has 2 amide bonds. The van der Waals surface area contributed by atoms with Crippen LogP contribution in [0.2, 0.25) is 0 Å². The maximum absolute atomic E-state index is 14.2. The van der Waals surface area contributed by atoms with Crippen LogP contribution in [0.25, 0.3) is 0 Å². The summed E-state index contributed by atoms with van der Waals surface area (Å²) >= 11 is 0. The van der Waals surface area contributed by atoms with Crippen molar-refractivity contribution in [2.24, 2.45) is 0 Å². The lowest BCUT2D eigenvalue weighted by Gasteiger charge is -2.32. The molecule has 0 aliphatic heterocycles. The molecule has 0 aromatic heterocycles. The summed E-state index contributed by atoms with van der Waals surface area (Å²) in [7, 11) is -1.42. The standard InChI is InChI=1S/C32H41N3O7S/c1-6-8-20-33-32(37)24(3)34(22-25-12-10-9-11-13-25)31(36)23-35(26-14-16-27(17-15-26)42-7-2)43(38,39)28-18-19-29(40-4)30(21-28)41-5/h9-19,21,24H,6-8,20,22-23H2,1-5H3,(H,33,37). The van der Waals surface area contributed by atoms with Gasteiger partial charge in [0.05, 0.1) is 31.4 Å². The van der Waals surface area contributed by atoms with Gasteiger partial charge in [-0.05, 0) is 62.2 Å². The fourth-order valence-corrected chi connectivity index (χ4v) is 5.84. The summed E-state index contributed by atoms with van der Waals surface area (Å²) < 4.78 is 45.5. The highest BCUT2D eigenvalue weighted by molar-refractivity contribution is 7.92. The predicted molar refractivity (Wildman–Crippen MR) is 166 cm³/mol. The summed E-state index contributed by atoms with van der Waals surface area (Å²) in [5, 5.41) is 2.88. The van der Waals surface area contributed by atoms with Crippen LogP contribution in [0.3, 0.4) is 0 Å². The Hall–Kier alpha value is -4.25. The van der Waals surface area contributed by atoms with Crippen molar-refractivity contribution in [3.05, 3.63) is 78.4 Å². The third-order valence-electron chi connectivity index (χ3n) is 6.85. The van der Waals surface area contributed by atoms with Gasteiger partial charge < -0.3 is 24.4 Å². The molecule has 1 N–H and O–H groups in total. The summed E-state index contributed by atoms with van der Waals surface area (Å²) in [5.41, 5.74) is 1.06. The Kier molecular flexibility index (Phi) is 12.2. The summed E-state index contributed by atoms with van der Waals surface area (Å²) in [6.45, 7) is 6.01. The first kappa shape index (κ1) is 33.3. The van der Waals surface area contributed by atoms with E-state index in [4.69, 9.17) is 14.2 Å². The van der Waals surface area contributed by atoms with Gasteiger partial charge >= 0.3 is 0 Å². The minimum absolute atomic E-state index is 0.0909. The molecular weight excluding hydrogens is 570 g/mol. The van der Waals surface area contributed by atoms with Crippen LogP contribution in [0, 0.1) is 0 Å². The second kappa shape index (κ2) is 15.8. The Morgan fingerprint density at radius 2 is 1.58 bits per heavy atom. The Bertz CT molecular complexity index is 1450. The highest BCUT2D eigenvalue weighted by atomic mass is 32.2. The molecule has 232 valence electrons. The highest BCUT2D eigenvalue weighted by Gasteiger charge is 2.33. The molecule has 0 heterocycles. The number of ether oxygens (including phenoxy) is 3. The number of rotatable bonds is 16. The highest BCUT2D eigenvalue weighted by Crippen LogP contribution is 2.33. The number of hydrogen-bond donors (Lipinski definition) is 1. The lowest BCUT2D eigenvalue weighted by atomic mass is 10.1. The number of carbonyl (C=O) groups excluding carboxylic acids is 2. The van der Waals surface area contributed by atoms with Crippen molar-refractivity contribution in [2.45, 2.75) is 51.1 Å². The van der Waals surface area contributed by atoms with Crippen molar-refractivity contribution in [1.29, 1.82) is 0 Å². The number of amides is 2. The third kappa shape index (κ3) is 8.63. The summed E-state index contributed by atoms with van der Waals surface area (Å²) in [6.07, 6.45) is 1.71. The second-order valence-corrected chi connectivity index (χ2v) is 11.6. The van der Waals surface area contributed by atoms with Crippen molar-refractivity contribution in [3.63, 3.8) is 0 Å². The van der Waals surface area contributed by atoms with E-state index in [1.807, 2.05) is 44.2 Å². The first-order valence-corrected chi connectivity index (χ1v) is 15.7. The molecule has 0 aliphatic carbocycles. The van der Waals surface area contributed by atoms with Crippen LogP contribution in [0.5, 0.6) is 17.2 Å². The van der Waals surface area contributed by atoms with Gasteiger partial charge in [-0.1, -0.05) is 43.7 Å². The molecule has 3 aromatic carbocycles. The lowest BCUT2D eigenvalue weighted by Crippen LogP contribution is -2.51. The zero-order valence-electron chi connectivity index (χ0n) is 25.4. The maximum Gasteiger partial charge on any atom is 0.264 e. The summed E-state index contributed by atoms with van der Waals surface area (Å²) in [5.74, 6) is 0.295. The van der Waals surface area contributed by atoms with Gasteiger partial charge in [0, 0.05) is 19.2 Å². The largest absolute Gasteiger partial charge is 0.494 e. The van der Waals surface area contributed by atoms with Crippen molar-refractivity contribution in [2.75, 3.05) is 38.2 Å². The molecule has 3 rings (SSSR count). The van der Waals surface area contributed by atoms with Crippen molar-refractivity contribution in [3.8, 4) is 17.2 Å². The van der Waals surface area contributed by atoms with Gasteiger partial charge in [0.1, 0.15) is 18.3 Å². The number of nitrogens with one attached hydrogen (secondary N) is 1. The van der Waals surface area contributed by atoms with E-state index in [0.29, 0.717) is 24.7 Å². The molecule has 0 spiro atoms. The normalized spacial score (nSPS) is 11.7. The van der Waals surface area contributed by atoms with Crippen LogP contribution in [-0.2, 0) is 26.2 Å². The van der Waals surface area contributed by atoms with Gasteiger partial charge in [-0.15, -0.1) is 0 Å². The topological polar surface area (TPSA) is 114 Å². The van der Waals surface area contributed by atoms with E-state index in [-0.39, 0.29) is 28.8 Å². The number of hydrogen-bond acceptors (Lipinski definition) is 7. The number of unbranched alkanes of at least 4 members (excludes halogenated alkanes) is 1. The first-order valence-electron chi connectivity index (χ1n) is 14.2. The van der Waals surface area contributed by atoms with Crippen molar-refractivity contribution >= 4 is 27.5 Å². The van der Waals surface area contributed by atoms with Gasteiger partial charge in [-0.2, -0.15) is 0 Å². The fourth-order valence-electron chi connectivity index (χ4n) is 4.41. The molecule has 1 unspecified atom stereocenters. The number of sulfonamides is 1. The van der Waals surface area contributed by atoms with Gasteiger partial charge in [0.2, 0.25) is 11.8 Å². The Morgan fingerprint density at radius 1 is 0.907 bits per heavy atom. The fraction of sp³-hybridized carbons (Fsp3) is 0.375. The van der Waals surface area contributed by atoms with Gasteiger partial charge in [0.25, 0.3) is 10.0 Å². The molecule has 3 aromatic rings. The lowest BCUT2D eigenvalue weighted by molar-refractivity contribution is -0.139. The minimum atomic E-state index is -4.29. The maximum atomic E-state index is 14.2. The van der Waals surface area contributed by atoms with Crippen LogP contribution in [0.4, 0.5) is 5.69 Å². The molecule has 43 heavy (non-hydrogen) atoms. The van der Waals surface area contributed by atoms with Crippen molar-refractivity contribution in [1.82, 2.24) is 10.2 Å². The third-order valence-corrected chi connectivity index (χ3v) is 8.62. The molecule has 0 fully saturated rings. The zero-order valence-corrected chi connectivity index (χ0v) is 26.2. The van der Waals surface area contributed by atoms with Crippen LogP contribution in [0.1, 0.15) is 39.2 Å². The van der Waals surface area contributed by atoms with Crippen molar-refractivity contribution < 1.29 is 32.2 Å². The van der Waals surface area contributed by atoms with Crippen LogP contribution in [0.15, 0.2) is 77.7 Å². The smallest absolute Gasteiger partial charge is 0.264 e. The molecule has 0 bridgehead atoms. The molecule has 10 nitrogen and oxygen atoms in total. The Labute approximate surface area is 254 Å². The van der Waals surface area contributed by atoms with Crippen LogP contribution < -0.4 is 23.8 Å². The average Bonchev–Trinajstić information content (AvgIpc) is 3.02. The number of carbonyl (C=O) groups is 2. The number of benzene rings is 3. The first-order chi connectivity index (χ1) is 20.7. The zero-order chi connectivity index (χ0) is 31.4. The molecule has 0 radical (unpaired) electrons. The molecule has 11 heteroatoms. The average molecular weight is 612 g/mol. The SMILES string of the molecule is CCCCNC(=O)C(C)N(Cc1ccccc1)C(=O)CN(c1ccc(OCC)cc1)S(=O)(=O)c1ccc(OC)c(OC)c1. The van der Waals surface area contributed by atoms with E-state index in [1.54, 1.807) is 31.2 Å². The number of methoxy groups -OCH3 is 2. The van der Waals surface area contributed by atoms with Gasteiger partial charge in [-0.25, -0.2) is 8.42 Å².